The molecule has 0 unspecified atom stereocenters. The van der Waals surface area contributed by atoms with Crippen LogP contribution >= 0.6 is 22.9 Å². The van der Waals surface area contributed by atoms with Gasteiger partial charge in [-0.1, -0.05) is 29.8 Å². The number of aromatic nitrogens is 2. The summed E-state index contributed by atoms with van der Waals surface area (Å²) in [6, 6.07) is 13.7. The summed E-state index contributed by atoms with van der Waals surface area (Å²) in [6.07, 6.45) is 0. The predicted octanol–water partition coefficient (Wildman–Crippen LogP) is 3.65. The average molecular weight is 430 g/mol. The minimum atomic E-state index is -0.688. The van der Waals surface area contributed by atoms with Gasteiger partial charge in [-0.25, -0.2) is 13.8 Å². The maximum Gasteiger partial charge on any atom is 0.336 e. The number of halogens is 2. The van der Waals surface area contributed by atoms with Crippen molar-refractivity contribution in [2.24, 2.45) is 0 Å². The van der Waals surface area contributed by atoms with Crippen molar-refractivity contribution < 1.29 is 9.18 Å². The van der Waals surface area contributed by atoms with Crippen LogP contribution in [0, 0.1) is 5.82 Å². The molecule has 0 aliphatic rings. The average Bonchev–Trinajstić information content (AvgIpc) is 3.17. The van der Waals surface area contributed by atoms with E-state index >= 15 is 0 Å². The van der Waals surface area contributed by atoms with Gasteiger partial charge in [-0.15, -0.1) is 11.3 Å². The van der Waals surface area contributed by atoms with Crippen LogP contribution in [0.1, 0.15) is 0 Å². The quantitative estimate of drug-likeness (QED) is 0.538. The number of benzene rings is 2. The maximum absolute atomic E-state index is 13.8. The highest BCUT2D eigenvalue weighted by Gasteiger charge is 2.18. The Bertz CT molecular complexity index is 1360. The van der Waals surface area contributed by atoms with Crippen molar-refractivity contribution in [2.45, 2.75) is 6.54 Å². The molecule has 146 valence electrons. The summed E-state index contributed by atoms with van der Waals surface area (Å²) in [7, 11) is 0. The Balaban J connectivity index is 1.81. The lowest BCUT2D eigenvalue weighted by Gasteiger charge is -2.13. The number of thiophene rings is 1. The molecule has 2 heterocycles. The highest BCUT2D eigenvalue weighted by atomic mass is 35.5. The van der Waals surface area contributed by atoms with Crippen LogP contribution in [0.4, 0.5) is 10.1 Å². The highest BCUT2D eigenvalue weighted by Crippen LogP contribution is 2.18. The van der Waals surface area contributed by atoms with Crippen LogP contribution in [0.15, 0.2) is 69.6 Å². The normalized spacial score (nSPS) is 11.0. The number of para-hydroxylation sites is 1. The van der Waals surface area contributed by atoms with Gasteiger partial charge in [-0.05, 0) is 41.8 Å². The molecule has 0 bridgehead atoms. The first-order valence-electron chi connectivity index (χ1n) is 8.49. The molecule has 2 aromatic heterocycles. The summed E-state index contributed by atoms with van der Waals surface area (Å²) in [6.45, 7) is -0.388. The van der Waals surface area contributed by atoms with E-state index in [0.717, 1.165) is 4.57 Å². The minimum Gasteiger partial charge on any atom is -0.322 e. The van der Waals surface area contributed by atoms with E-state index in [0.29, 0.717) is 20.9 Å². The van der Waals surface area contributed by atoms with Crippen LogP contribution in [0.25, 0.3) is 15.9 Å². The number of anilines is 1. The number of carbonyl (C=O) groups excluding carboxylic acids is 1. The molecule has 0 radical (unpaired) electrons. The van der Waals surface area contributed by atoms with Crippen LogP contribution in [-0.2, 0) is 11.3 Å². The lowest BCUT2D eigenvalue weighted by Crippen LogP contribution is -2.40. The van der Waals surface area contributed by atoms with Gasteiger partial charge in [0.15, 0.2) is 0 Å². The molecule has 0 aliphatic carbocycles. The molecular weight excluding hydrogens is 417 g/mol. The fraction of sp³-hybridized carbons (Fsp3) is 0.0500. The number of carbonyl (C=O) groups is 1. The summed E-state index contributed by atoms with van der Waals surface area (Å²) >= 11 is 7.17. The lowest BCUT2D eigenvalue weighted by molar-refractivity contribution is -0.116. The van der Waals surface area contributed by atoms with E-state index in [1.165, 1.54) is 40.2 Å². The molecular formula is C20H13ClFN3O3S. The van der Waals surface area contributed by atoms with Gasteiger partial charge in [0.1, 0.15) is 17.1 Å². The Morgan fingerprint density at radius 3 is 2.66 bits per heavy atom. The topological polar surface area (TPSA) is 73.1 Å². The van der Waals surface area contributed by atoms with Crippen LogP contribution in [-0.4, -0.2) is 15.0 Å². The molecule has 6 nitrogen and oxygen atoms in total. The largest absolute Gasteiger partial charge is 0.336 e. The molecule has 1 N–H and O–H groups in total. The second kappa shape index (κ2) is 7.65. The number of amides is 1. The molecule has 9 heteroatoms. The zero-order chi connectivity index (χ0) is 20.5. The van der Waals surface area contributed by atoms with Crippen molar-refractivity contribution in [3.63, 3.8) is 0 Å². The zero-order valence-corrected chi connectivity index (χ0v) is 16.3. The van der Waals surface area contributed by atoms with Gasteiger partial charge in [0.2, 0.25) is 5.91 Å². The third-order valence-corrected chi connectivity index (χ3v) is 5.40. The van der Waals surface area contributed by atoms with E-state index in [1.807, 2.05) is 0 Å². The monoisotopic (exact) mass is 429 g/mol. The van der Waals surface area contributed by atoms with Crippen molar-refractivity contribution >= 4 is 44.7 Å². The fourth-order valence-corrected chi connectivity index (χ4v) is 3.99. The number of nitrogens with one attached hydrogen (secondary N) is 1. The zero-order valence-electron chi connectivity index (χ0n) is 14.8. The summed E-state index contributed by atoms with van der Waals surface area (Å²) in [5.41, 5.74) is -0.534. The van der Waals surface area contributed by atoms with Crippen LogP contribution in [0.5, 0.6) is 0 Å². The Morgan fingerprint density at radius 2 is 1.90 bits per heavy atom. The molecule has 29 heavy (non-hydrogen) atoms. The fourth-order valence-electron chi connectivity index (χ4n) is 2.98. The number of hydrogen-bond acceptors (Lipinski definition) is 4. The molecule has 0 saturated heterocycles. The first kappa shape index (κ1) is 19.1. The second-order valence-electron chi connectivity index (χ2n) is 6.15. The van der Waals surface area contributed by atoms with E-state index in [2.05, 4.69) is 5.32 Å². The van der Waals surface area contributed by atoms with E-state index < -0.39 is 23.0 Å². The number of nitrogens with zero attached hydrogens (tertiary/aromatic N) is 2. The first-order valence-corrected chi connectivity index (χ1v) is 9.75. The Labute approximate surface area is 172 Å². The third kappa shape index (κ3) is 3.59. The van der Waals surface area contributed by atoms with E-state index in [4.69, 9.17) is 11.6 Å². The molecule has 0 saturated carbocycles. The maximum atomic E-state index is 13.8. The SMILES string of the molecule is O=C(Cn1c(=O)n(-c2cccc(Cl)c2)c(=O)c2sccc21)Nc1ccccc1F. The van der Waals surface area contributed by atoms with Crippen molar-refractivity contribution in [3.8, 4) is 5.69 Å². The van der Waals surface area contributed by atoms with E-state index in [-0.39, 0.29) is 12.2 Å². The van der Waals surface area contributed by atoms with Gasteiger partial charge in [-0.2, -0.15) is 0 Å². The third-order valence-electron chi connectivity index (χ3n) is 4.27. The summed E-state index contributed by atoms with van der Waals surface area (Å²) < 4.78 is 16.3. The predicted molar refractivity (Wildman–Crippen MR) is 112 cm³/mol. The Hall–Kier alpha value is -3.23. The molecule has 0 spiro atoms. The van der Waals surface area contributed by atoms with Gasteiger partial charge in [0, 0.05) is 5.02 Å². The molecule has 1 amide bonds. The van der Waals surface area contributed by atoms with Gasteiger partial charge in [0.25, 0.3) is 5.56 Å². The molecule has 4 rings (SSSR count). The summed E-state index contributed by atoms with van der Waals surface area (Å²) in [4.78, 5) is 38.5. The van der Waals surface area contributed by atoms with E-state index in [1.54, 1.807) is 35.7 Å². The summed E-state index contributed by atoms with van der Waals surface area (Å²) in [5, 5.41) is 4.48. The molecule has 2 aromatic carbocycles. The van der Waals surface area contributed by atoms with Gasteiger partial charge >= 0.3 is 5.69 Å². The molecule has 4 aromatic rings. The van der Waals surface area contributed by atoms with Gasteiger partial charge in [0.05, 0.1) is 16.9 Å². The number of fused-ring (bicyclic) bond motifs is 1. The van der Waals surface area contributed by atoms with E-state index in [9.17, 15) is 18.8 Å². The summed E-state index contributed by atoms with van der Waals surface area (Å²) in [5.74, 6) is -1.18. The molecule has 0 fully saturated rings. The Morgan fingerprint density at radius 1 is 1.10 bits per heavy atom. The standard InChI is InChI=1S/C20H13ClFN3O3S/c21-12-4-3-5-13(10-12)25-19(27)18-16(8-9-29-18)24(20(25)28)11-17(26)23-15-7-2-1-6-14(15)22/h1-10H,11H2,(H,23,26). The minimum absolute atomic E-state index is 0.00951. The smallest absolute Gasteiger partial charge is 0.322 e. The van der Waals surface area contributed by atoms with Crippen molar-refractivity contribution in [2.75, 3.05) is 5.32 Å². The van der Waals surface area contributed by atoms with Crippen molar-refractivity contribution in [1.29, 1.82) is 0 Å². The van der Waals surface area contributed by atoms with Crippen LogP contribution < -0.4 is 16.6 Å². The van der Waals surface area contributed by atoms with Crippen LogP contribution in [0.2, 0.25) is 5.02 Å². The van der Waals surface area contributed by atoms with Gasteiger partial charge < -0.3 is 5.32 Å². The Kier molecular flexibility index (Phi) is 5.04. The number of rotatable bonds is 4. The van der Waals surface area contributed by atoms with Crippen LogP contribution in [0.3, 0.4) is 0 Å². The lowest BCUT2D eigenvalue weighted by atomic mass is 10.3. The number of hydrogen-bond donors (Lipinski definition) is 1. The second-order valence-corrected chi connectivity index (χ2v) is 7.50. The molecule has 0 atom stereocenters. The highest BCUT2D eigenvalue weighted by molar-refractivity contribution is 7.17. The van der Waals surface area contributed by atoms with Crippen molar-refractivity contribution in [3.05, 3.63) is 91.7 Å². The van der Waals surface area contributed by atoms with Gasteiger partial charge in [-0.3, -0.25) is 14.2 Å². The molecule has 0 aliphatic heterocycles. The first-order chi connectivity index (χ1) is 14.0. The van der Waals surface area contributed by atoms with Crippen molar-refractivity contribution in [1.82, 2.24) is 9.13 Å².